The lowest BCUT2D eigenvalue weighted by molar-refractivity contribution is -0.181. The van der Waals surface area contributed by atoms with Crippen molar-refractivity contribution in [1.29, 1.82) is 0 Å². The first-order valence-corrected chi connectivity index (χ1v) is 19.0. The smallest absolute Gasteiger partial charge is 0.306 e. The summed E-state index contributed by atoms with van der Waals surface area (Å²) in [5.41, 5.74) is 0.111. The summed E-state index contributed by atoms with van der Waals surface area (Å²) in [7, 11) is 0. The Bertz CT molecular complexity index is 1000. The number of carboxylic acids is 1. The number of fused-ring (bicyclic) bond motifs is 5. The number of unbranched alkanes of at least 4 members (excludes halogenated alkanes) is 6. The van der Waals surface area contributed by atoms with Crippen molar-refractivity contribution in [2.24, 2.45) is 46.3 Å². The van der Waals surface area contributed by atoms with Gasteiger partial charge in [-0.1, -0.05) is 77.7 Å². The lowest BCUT2D eigenvalue weighted by atomic mass is 9.43. The SMILES string of the molecule is CCC/C=C\C/C=C\CCCCCCCC(=O)OC1CCC2(C)C(CCC3C2CC(O)C2(C)C(C(C)CCC(=O)O)CCC32)C1. The number of carboxylic acid groups (broad SMARTS) is 1. The van der Waals surface area contributed by atoms with Crippen LogP contribution in [0.25, 0.3) is 0 Å². The third-order valence-electron chi connectivity index (χ3n) is 13.4. The van der Waals surface area contributed by atoms with E-state index in [4.69, 9.17) is 4.74 Å². The van der Waals surface area contributed by atoms with Gasteiger partial charge >= 0.3 is 11.9 Å². The van der Waals surface area contributed by atoms with Crippen molar-refractivity contribution < 1.29 is 24.5 Å². The van der Waals surface area contributed by atoms with Gasteiger partial charge in [-0.05, 0) is 136 Å². The zero-order valence-corrected chi connectivity index (χ0v) is 29.2. The molecule has 0 aliphatic heterocycles. The van der Waals surface area contributed by atoms with Crippen LogP contribution in [0.15, 0.2) is 24.3 Å². The molecule has 4 aliphatic rings. The van der Waals surface area contributed by atoms with Crippen molar-refractivity contribution >= 4 is 11.9 Å². The van der Waals surface area contributed by atoms with E-state index in [0.29, 0.717) is 48.3 Å². The number of aliphatic hydroxyl groups excluding tert-OH is 1. The minimum absolute atomic E-state index is 0.00535. The fraction of sp³-hybridized carbons (Fsp3) is 0.850. The van der Waals surface area contributed by atoms with Crippen LogP contribution < -0.4 is 0 Å². The van der Waals surface area contributed by atoms with Gasteiger partial charge in [-0.3, -0.25) is 9.59 Å². The van der Waals surface area contributed by atoms with Crippen LogP contribution in [-0.4, -0.2) is 34.4 Å². The summed E-state index contributed by atoms with van der Waals surface area (Å²) in [6.45, 7) is 9.25. The number of carbonyl (C=O) groups excluding carboxylic acids is 1. The van der Waals surface area contributed by atoms with Crippen LogP contribution in [0.1, 0.15) is 156 Å². The normalized spacial score (nSPS) is 36.9. The molecule has 4 saturated carbocycles. The van der Waals surface area contributed by atoms with Gasteiger partial charge < -0.3 is 14.9 Å². The summed E-state index contributed by atoms with van der Waals surface area (Å²) in [5, 5.41) is 21.0. The van der Waals surface area contributed by atoms with E-state index in [1.807, 2.05) is 0 Å². The maximum atomic E-state index is 12.8. The van der Waals surface area contributed by atoms with Gasteiger partial charge in [-0.15, -0.1) is 0 Å². The van der Waals surface area contributed by atoms with E-state index in [-0.39, 0.29) is 35.4 Å². The Balaban J connectivity index is 1.17. The van der Waals surface area contributed by atoms with E-state index < -0.39 is 5.97 Å². The van der Waals surface area contributed by atoms with E-state index in [9.17, 15) is 19.8 Å². The lowest BCUT2D eigenvalue weighted by Crippen LogP contribution is -2.59. The fourth-order valence-electron chi connectivity index (χ4n) is 10.8. The third kappa shape index (κ3) is 8.85. The molecule has 45 heavy (non-hydrogen) atoms. The molecular formula is C40H66O5. The van der Waals surface area contributed by atoms with Crippen LogP contribution in [0.2, 0.25) is 0 Å². The van der Waals surface area contributed by atoms with Crippen LogP contribution >= 0.6 is 0 Å². The third-order valence-corrected chi connectivity index (χ3v) is 13.4. The van der Waals surface area contributed by atoms with Crippen molar-refractivity contribution in [3.8, 4) is 0 Å². The van der Waals surface area contributed by atoms with E-state index in [0.717, 1.165) is 57.8 Å². The molecule has 0 radical (unpaired) electrons. The maximum Gasteiger partial charge on any atom is 0.306 e. The van der Waals surface area contributed by atoms with Crippen molar-refractivity contribution in [2.45, 2.75) is 168 Å². The van der Waals surface area contributed by atoms with Crippen molar-refractivity contribution in [3.63, 3.8) is 0 Å². The van der Waals surface area contributed by atoms with E-state index in [1.165, 1.54) is 51.4 Å². The Morgan fingerprint density at radius 1 is 0.867 bits per heavy atom. The predicted octanol–water partition coefficient (Wildman–Crippen LogP) is 10.1. The average Bonchev–Trinajstić information content (AvgIpc) is 3.37. The summed E-state index contributed by atoms with van der Waals surface area (Å²) in [5.74, 6) is 2.30. The number of ether oxygens (including phenoxy) is 1. The van der Waals surface area contributed by atoms with E-state index >= 15 is 0 Å². The van der Waals surface area contributed by atoms with Crippen molar-refractivity contribution in [3.05, 3.63) is 24.3 Å². The molecule has 0 aromatic heterocycles. The maximum absolute atomic E-state index is 12.8. The van der Waals surface area contributed by atoms with Crippen LogP contribution in [0, 0.1) is 46.3 Å². The standard InChI is InChI=1S/C40H66O5/c1-5-6-7-8-9-10-11-12-13-14-15-16-17-18-38(44)45-31-25-26-39(3)30(27-31)20-21-32-34-23-22-33(29(2)19-24-37(42)43)40(34,4)36(41)28-35(32)39/h7-8,10-11,29-36,41H,5-6,9,12-28H2,1-4H3,(H,42,43)/b8-7-,11-10-. The minimum atomic E-state index is -0.713. The average molecular weight is 627 g/mol. The molecule has 10 atom stereocenters. The van der Waals surface area contributed by atoms with Gasteiger partial charge in [0.15, 0.2) is 0 Å². The largest absolute Gasteiger partial charge is 0.481 e. The van der Waals surface area contributed by atoms with Gasteiger partial charge in [0.25, 0.3) is 0 Å². The van der Waals surface area contributed by atoms with Gasteiger partial charge in [-0.2, -0.15) is 0 Å². The molecule has 5 heteroatoms. The molecule has 0 spiro atoms. The van der Waals surface area contributed by atoms with Crippen LogP contribution in [-0.2, 0) is 14.3 Å². The molecule has 0 bridgehead atoms. The molecule has 0 aromatic rings. The number of esters is 1. The molecule has 0 saturated heterocycles. The highest BCUT2D eigenvalue weighted by molar-refractivity contribution is 5.69. The van der Waals surface area contributed by atoms with Gasteiger partial charge in [-0.25, -0.2) is 0 Å². The number of carbonyl (C=O) groups is 2. The number of allylic oxidation sites excluding steroid dienone is 4. The molecule has 256 valence electrons. The molecule has 0 heterocycles. The summed E-state index contributed by atoms with van der Waals surface area (Å²) < 4.78 is 6.07. The Morgan fingerprint density at radius 2 is 1.60 bits per heavy atom. The predicted molar refractivity (Wildman–Crippen MR) is 183 cm³/mol. The Kier molecular flexibility index (Phi) is 13.7. The number of hydrogen-bond donors (Lipinski definition) is 2. The first kappa shape index (κ1) is 36.2. The molecule has 2 N–H and O–H groups in total. The second kappa shape index (κ2) is 17.0. The Morgan fingerprint density at radius 3 is 2.36 bits per heavy atom. The van der Waals surface area contributed by atoms with Gasteiger partial charge in [0.1, 0.15) is 6.10 Å². The lowest BCUT2D eigenvalue weighted by Gasteiger charge is -2.62. The molecule has 0 aromatic carbocycles. The highest BCUT2D eigenvalue weighted by Gasteiger charge is 2.63. The second-order valence-corrected chi connectivity index (χ2v) is 16.0. The molecular weight excluding hydrogens is 560 g/mol. The summed E-state index contributed by atoms with van der Waals surface area (Å²) >= 11 is 0. The molecule has 0 amide bonds. The highest BCUT2D eigenvalue weighted by atomic mass is 16.5. The number of aliphatic hydroxyl groups is 1. The first-order valence-electron chi connectivity index (χ1n) is 19.0. The van der Waals surface area contributed by atoms with Gasteiger partial charge in [0, 0.05) is 12.8 Å². The molecule has 4 aliphatic carbocycles. The minimum Gasteiger partial charge on any atom is -0.481 e. The van der Waals surface area contributed by atoms with Crippen molar-refractivity contribution in [1.82, 2.24) is 0 Å². The van der Waals surface area contributed by atoms with Crippen molar-refractivity contribution in [2.75, 3.05) is 0 Å². The van der Waals surface area contributed by atoms with Gasteiger partial charge in [0.2, 0.25) is 0 Å². The monoisotopic (exact) mass is 626 g/mol. The molecule has 4 rings (SSSR count). The number of aliphatic carboxylic acids is 1. The quantitative estimate of drug-likeness (QED) is 0.0953. The van der Waals surface area contributed by atoms with Crippen LogP contribution in [0.3, 0.4) is 0 Å². The second-order valence-electron chi connectivity index (χ2n) is 16.0. The Hall–Kier alpha value is -1.62. The highest BCUT2D eigenvalue weighted by Crippen LogP contribution is 2.68. The summed E-state index contributed by atoms with van der Waals surface area (Å²) in [6.07, 6.45) is 29.2. The Labute approximate surface area is 275 Å². The molecule has 10 unspecified atom stereocenters. The van der Waals surface area contributed by atoms with Crippen LogP contribution in [0.5, 0.6) is 0 Å². The summed E-state index contributed by atoms with van der Waals surface area (Å²) in [6, 6.07) is 0. The topological polar surface area (TPSA) is 83.8 Å². The first-order chi connectivity index (χ1) is 21.6. The fourth-order valence-corrected chi connectivity index (χ4v) is 10.8. The van der Waals surface area contributed by atoms with E-state index in [1.54, 1.807) is 0 Å². The molecule has 4 fully saturated rings. The number of hydrogen-bond acceptors (Lipinski definition) is 4. The van der Waals surface area contributed by atoms with Crippen LogP contribution in [0.4, 0.5) is 0 Å². The molecule has 5 nitrogen and oxygen atoms in total. The van der Waals surface area contributed by atoms with E-state index in [2.05, 4.69) is 52.0 Å². The zero-order chi connectivity index (χ0) is 32.5. The summed E-state index contributed by atoms with van der Waals surface area (Å²) in [4.78, 5) is 24.0. The number of rotatable bonds is 17. The van der Waals surface area contributed by atoms with Gasteiger partial charge in [0.05, 0.1) is 6.10 Å². The zero-order valence-electron chi connectivity index (χ0n) is 29.2.